The molecule has 0 aliphatic rings. The second kappa shape index (κ2) is 8.16. The summed E-state index contributed by atoms with van der Waals surface area (Å²) in [5.41, 5.74) is 8.57. The first-order chi connectivity index (χ1) is 16.7. The molecule has 1 heterocycles. The average molecular weight is 441 g/mol. The van der Waals surface area contributed by atoms with Gasteiger partial charge in [0.25, 0.3) is 0 Å². The molecule has 0 aliphatic heterocycles. The van der Waals surface area contributed by atoms with E-state index < -0.39 is 0 Å². The molecule has 0 amide bonds. The zero-order valence-electron chi connectivity index (χ0n) is 19.2. The van der Waals surface area contributed by atoms with Crippen molar-refractivity contribution in [1.29, 1.82) is 0 Å². The lowest BCUT2D eigenvalue weighted by molar-refractivity contribution is 0.766. The smallest absolute Gasteiger partial charge is 0.113 e. The second-order valence-corrected chi connectivity index (χ2v) is 8.61. The number of hydrogen-bond acceptors (Lipinski definition) is 3. The van der Waals surface area contributed by atoms with Gasteiger partial charge in [0.1, 0.15) is 11.0 Å². The van der Waals surface area contributed by atoms with Gasteiger partial charge in [0, 0.05) is 16.8 Å². The fraction of sp³-hybridized carbons (Fsp3) is 0.0667. The lowest BCUT2D eigenvalue weighted by Gasteiger charge is -2.27. The van der Waals surface area contributed by atoms with Crippen molar-refractivity contribution in [3.63, 3.8) is 0 Å². The molecule has 4 heteroatoms. The van der Waals surface area contributed by atoms with E-state index in [1.807, 2.05) is 24.3 Å². The standard InChI is InChI=1S/C30H24N4/c1-21-11-14-23(15-12-21)33(30-20-13-22(2)26-7-3-4-8-27(26)30)24-16-18-25(19-17-24)34-31-28-9-5-6-10-29(28)32-34/h3-20H,1-2H3. The topological polar surface area (TPSA) is 34.0 Å². The Kier molecular flexibility index (Phi) is 4.84. The summed E-state index contributed by atoms with van der Waals surface area (Å²) in [6, 6.07) is 38.0. The van der Waals surface area contributed by atoms with E-state index in [-0.39, 0.29) is 0 Å². The van der Waals surface area contributed by atoms with Crippen molar-refractivity contribution in [1.82, 2.24) is 15.0 Å². The Morgan fingerprint density at radius 1 is 0.559 bits per heavy atom. The minimum atomic E-state index is 0.888. The van der Waals surface area contributed by atoms with E-state index in [4.69, 9.17) is 0 Å². The molecule has 6 aromatic rings. The number of aromatic nitrogens is 3. The normalized spacial score (nSPS) is 11.2. The Hall–Kier alpha value is -4.44. The summed E-state index contributed by atoms with van der Waals surface area (Å²) in [6.07, 6.45) is 0. The Labute approximate surface area is 198 Å². The number of rotatable bonds is 4. The van der Waals surface area contributed by atoms with Crippen LogP contribution in [-0.2, 0) is 0 Å². The van der Waals surface area contributed by atoms with Gasteiger partial charge in [0.15, 0.2) is 0 Å². The molecule has 0 atom stereocenters. The average Bonchev–Trinajstić information content (AvgIpc) is 3.32. The largest absolute Gasteiger partial charge is 0.310 e. The van der Waals surface area contributed by atoms with E-state index in [0.29, 0.717) is 0 Å². The van der Waals surface area contributed by atoms with Gasteiger partial charge in [-0.05, 0) is 79.4 Å². The number of hydrogen-bond donors (Lipinski definition) is 0. The minimum absolute atomic E-state index is 0.888. The van der Waals surface area contributed by atoms with Crippen molar-refractivity contribution in [2.45, 2.75) is 13.8 Å². The maximum Gasteiger partial charge on any atom is 0.113 e. The highest BCUT2D eigenvalue weighted by Gasteiger charge is 2.16. The Morgan fingerprint density at radius 2 is 1.12 bits per heavy atom. The van der Waals surface area contributed by atoms with Crippen molar-refractivity contribution in [3.8, 4) is 5.69 Å². The van der Waals surface area contributed by atoms with Gasteiger partial charge in [-0.2, -0.15) is 4.80 Å². The van der Waals surface area contributed by atoms with Gasteiger partial charge in [0.05, 0.1) is 11.4 Å². The van der Waals surface area contributed by atoms with E-state index in [9.17, 15) is 0 Å². The predicted molar refractivity (Wildman–Crippen MR) is 141 cm³/mol. The van der Waals surface area contributed by atoms with Gasteiger partial charge in [-0.1, -0.05) is 60.2 Å². The highest BCUT2D eigenvalue weighted by atomic mass is 15.5. The van der Waals surface area contributed by atoms with Crippen molar-refractivity contribution >= 4 is 38.9 Å². The molecule has 1 aromatic heterocycles. The van der Waals surface area contributed by atoms with Gasteiger partial charge in [-0.15, -0.1) is 10.2 Å². The number of anilines is 3. The number of benzene rings is 5. The summed E-state index contributed by atoms with van der Waals surface area (Å²) in [6.45, 7) is 4.28. The quantitative estimate of drug-likeness (QED) is 0.282. The monoisotopic (exact) mass is 440 g/mol. The third-order valence-corrected chi connectivity index (χ3v) is 6.28. The van der Waals surface area contributed by atoms with Crippen LogP contribution in [0.2, 0.25) is 0 Å². The molecule has 164 valence electrons. The van der Waals surface area contributed by atoms with E-state index in [2.05, 4.69) is 114 Å². The molecule has 0 radical (unpaired) electrons. The van der Waals surface area contributed by atoms with E-state index in [0.717, 1.165) is 33.8 Å². The number of nitrogens with zero attached hydrogens (tertiary/aromatic N) is 4. The zero-order valence-corrected chi connectivity index (χ0v) is 19.2. The van der Waals surface area contributed by atoms with Crippen LogP contribution in [0.3, 0.4) is 0 Å². The fourth-order valence-electron chi connectivity index (χ4n) is 4.46. The lowest BCUT2D eigenvalue weighted by atomic mass is 10.0. The van der Waals surface area contributed by atoms with Crippen molar-refractivity contribution in [3.05, 3.63) is 120 Å². The van der Waals surface area contributed by atoms with Gasteiger partial charge >= 0.3 is 0 Å². The number of aryl methyl sites for hydroxylation is 2. The Balaban J connectivity index is 1.49. The molecule has 0 saturated heterocycles. The van der Waals surface area contributed by atoms with Gasteiger partial charge in [0.2, 0.25) is 0 Å². The Morgan fingerprint density at radius 3 is 1.76 bits per heavy atom. The number of fused-ring (bicyclic) bond motifs is 2. The second-order valence-electron chi connectivity index (χ2n) is 8.61. The fourth-order valence-corrected chi connectivity index (χ4v) is 4.46. The molecule has 0 fully saturated rings. The first kappa shape index (κ1) is 20.2. The van der Waals surface area contributed by atoms with Crippen LogP contribution < -0.4 is 4.90 Å². The molecule has 0 N–H and O–H groups in total. The third kappa shape index (κ3) is 3.50. The first-order valence-corrected chi connectivity index (χ1v) is 11.4. The van der Waals surface area contributed by atoms with Crippen molar-refractivity contribution in [2.75, 3.05) is 4.90 Å². The molecule has 5 aromatic carbocycles. The third-order valence-electron chi connectivity index (χ3n) is 6.28. The van der Waals surface area contributed by atoms with Gasteiger partial charge in [-0.25, -0.2) is 0 Å². The summed E-state index contributed by atoms with van der Waals surface area (Å²) in [7, 11) is 0. The van der Waals surface area contributed by atoms with Crippen LogP contribution in [0.1, 0.15) is 11.1 Å². The summed E-state index contributed by atoms with van der Waals surface area (Å²) < 4.78 is 0. The molecule has 4 nitrogen and oxygen atoms in total. The van der Waals surface area contributed by atoms with E-state index in [1.54, 1.807) is 4.80 Å². The Bertz CT molecular complexity index is 1580. The maximum atomic E-state index is 4.63. The van der Waals surface area contributed by atoms with Crippen molar-refractivity contribution < 1.29 is 0 Å². The van der Waals surface area contributed by atoms with E-state index in [1.165, 1.54) is 21.9 Å². The minimum Gasteiger partial charge on any atom is -0.310 e. The predicted octanol–water partition coefficient (Wildman–Crippen LogP) is 7.66. The SMILES string of the molecule is Cc1ccc(N(c2ccc(-n3nc4ccccc4n3)cc2)c2ccc(C)c3ccccc23)cc1. The maximum absolute atomic E-state index is 4.63. The summed E-state index contributed by atoms with van der Waals surface area (Å²) >= 11 is 0. The van der Waals surface area contributed by atoms with Crippen LogP contribution in [0.25, 0.3) is 27.5 Å². The molecule has 0 bridgehead atoms. The molecular weight excluding hydrogens is 416 g/mol. The van der Waals surface area contributed by atoms with Crippen molar-refractivity contribution in [2.24, 2.45) is 0 Å². The molecular formula is C30H24N4. The van der Waals surface area contributed by atoms with Crippen LogP contribution in [-0.4, -0.2) is 15.0 Å². The molecule has 0 unspecified atom stereocenters. The highest BCUT2D eigenvalue weighted by molar-refractivity contribution is 6.00. The van der Waals surface area contributed by atoms with Crippen LogP contribution in [0, 0.1) is 13.8 Å². The van der Waals surface area contributed by atoms with Gasteiger partial charge < -0.3 is 4.90 Å². The molecule has 0 spiro atoms. The van der Waals surface area contributed by atoms with Crippen LogP contribution in [0.5, 0.6) is 0 Å². The van der Waals surface area contributed by atoms with Crippen LogP contribution in [0.15, 0.2) is 109 Å². The summed E-state index contributed by atoms with van der Waals surface area (Å²) in [5, 5.41) is 11.7. The van der Waals surface area contributed by atoms with E-state index >= 15 is 0 Å². The summed E-state index contributed by atoms with van der Waals surface area (Å²) in [4.78, 5) is 4.02. The first-order valence-electron chi connectivity index (χ1n) is 11.4. The lowest BCUT2D eigenvalue weighted by Crippen LogP contribution is -2.11. The molecule has 34 heavy (non-hydrogen) atoms. The molecule has 0 aliphatic carbocycles. The molecule has 0 saturated carbocycles. The van der Waals surface area contributed by atoms with Crippen LogP contribution >= 0.6 is 0 Å². The van der Waals surface area contributed by atoms with Gasteiger partial charge in [-0.3, -0.25) is 0 Å². The molecule has 6 rings (SSSR count). The highest BCUT2D eigenvalue weighted by Crippen LogP contribution is 2.39. The summed E-state index contributed by atoms with van der Waals surface area (Å²) in [5.74, 6) is 0. The zero-order chi connectivity index (χ0) is 23.1. The van der Waals surface area contributed by atoms with Crippen LogP contribution in [0.4, 0.5) is 17.1 Å².